The first-order chi connectivity index (χ1) is 28.2. The van der Waals surface area contributed by atoms with Crippen molar-refractivity contribution in [2.45, 2.75) is 0 Å². The Kier molecular flexibility index (Phi) is 6.35. The highest BCUT2D eigenvalue weighted by Crippen LogP contribution is 2.46. The molecule has 0 amide bonds. The number of rotatable bonds is 3. The molecule has 0 saturated heterocycles. The quantitative estimate of drug-likeness (QED) is 0.168. The summed E-state index contributed by atoms with van der Waals surface area (Å²) in [5.41, 5.74) is 5.10. The molecule has 2 aromatic heterocycles. The number of thiophene rings is 1. The predicted octanol–water partition coefficient (Wildman–Crippen LogP) is 16.3. The Bertz CT molecular complexity index is 3800. The van der Waals surface area contributed by atoms with E-state index in [1.54, 1.807) is 0 Å². The maximum Gasteiger partial charge on any atom is 0.135 e. The van der Waals surface area contributed by atoms with Gasteiger partial charge in [0.2, 0.25) is 0 Å². The Morgan fingerprint density at radius 2 is 0.649 bits per heavy atom. The summed E-state index contributed by atoms with van der Waals surface area (Å²) < 4.78 is 8.90. The third-order valence-electron chi connectivity index (χ3n) is 12.2. The van der Waals surface area contributed by atoms with Gasteiger partial charge in [0.15, 0.2) is 0 Å². The van der Waals surface area contributed by atoms with Gasteiger partial charge in [-0.25, -0.2) is 0 Å². The molecule has 0 aliphatic heterocycles. The monoisotopic (exact) mass is 741 g/mol. The molecular formula is C54H31NOS. The van der Waals surface area contributed by atoms with Crippen molar-refractivity contribution in [2.24, 2.45) is 0 Å². The normalized spacial score (nSPS) is 12.2. The number of anilines is 3. The van der Waals surface area contributed by atoms with E-state index in [9.17, 15) is 0 Å². The predicted molar refractivity (Wildman–Crippen MR) is 246 cm³/mol. The highest BCUT2D eigenvalue weighted by Gasteiger charge is 2.20. The van der Waals surface area contributed by atoms with Crippen LogP contribution in [0, 0.1) is 0 Å². The molecule has 0 aliphatic carbocycles. The van der Waals surface area contributed by atoms with Gasteiger partial charge in [0.25, 0.3) is 0 Å². The Balaban J connectivity index is 1.09. The van der Waals surface area contributed by atoms with Gasteiger partial charge in [-0.15, -0.1) is 11.3 Å². The van der Waals surface area contributed by atoms with Gasteiger partial charge in [0, 0.05) is 48.0 Å². The van der Waals surface area contributed by atoms with Gasteiger partial charge in [-0.05, 0) is 131 Å². The largest absolute Gasteiger partial charge is 0.456 e. The Hall–Kier alpha value is -7.20. The molecule has 0 N–H and O–H groups in total. The number of furan rings is 1. The van der Waals surface area contributed by atoms with E-state index in [1.165, 1.54) is 84.8 Å². The highest BCUT2D eigenvalue weighted by atomic mass is 32.1. The van der Waals surface area contributed by atoms with E-state index in [0.717, 1.165) is 39.0 Å². The minimum atomic E-state index is 0.891. The van der Waals surface area contributed by atoms with Gasteiger partial charge in [-0.1, -0.05) is 121 Å². The van der Waals surface area contributed by atoms with Gasteiger partial charge < -0.3 is 9.32 Å². The SMILES string of the molecule is c1ccc2c(c1)oc1ccc(N(c3ccc4sc5cc6c7ccccc7c7ccccc7c6cc5c4c3)c3ccc4c5ccccc5c5ccccc5c4c3)cc12. The molecule has 0 saturated carbocycles. The molecule has 2 nitrogen and oxygen atoms in total. The number of benzene rings is 11. The number of hydrogen-bond donors (Lipinski definition) is 0. The summed E-state index contributed by atoms with van der Waals surface area (Å²) in [6.07, 6.45) is 0. The maximum atomic E-state index is 6.32. The van der Waals surface area contributed by atoms with Crippen molar-refractivity contribution >= 4 is 135 Å². The molecule has 0 aliphatic rings. The summed E-state index contributed by atoms with van der Waals surface area (Å²) in [5.74, 6) is 0. The fourth-order valence-corrected chi connectivity index (χ4v) is 10.7. The van der Waals surface area contributed by atoms with Crippen molar-refractivity contribution < 1.29 is 4.42 Å². The zero-order valence-corrected chi connectivity index (χ0v) is 31.5. The van der Waals surface area contributed by atoms with E-state index in [2.05, 4.69) is 187 Å². The molecule has 0 unspecified atom stereocenters. The first kappa shape index (κ1) is 31.1. The van der Waals surface area contributed by atoms with Crippen LogP contribution in [0.25, 0.3) is 107 Å². The highest BCUT2D eigenvalue weighted by molar-refractivity contribution is 7.25. The van der Waals surface area contributed by atoms with Crippen LogP contribution >= 0.6 is 11.3 Å². The molecule has 11 aromatic carbocycles. The van der Waals surface area contributed by atoms with Gasteiger partial charge in [-0.3, -0.25) is 0 Å². The standard InChI is InChI=1S/C54H31NOS/c1-2-15-39-35(11-1)36-12-3-6-16-40(36)45-27-32(21-24-43(39)45)55(33-22-25-52-48(28-33)44-19-9-10-20-51(44)56-52)34-23-26-53-49(29-34)50-30-46-41-17-7-4-13-37(41)38-14-5-8-18-42(38)47(46)31-54(50)57-53/h1-31H. The summed E-state index contributed by atoms with van der Waals surface area (Å²) in [5, 5.41) is 20.2. The Labute approximate surface area is 331 Å². The first-order valence-corrected chi connectivity index (χ1v) is 20.3. The lowest BCUT2D eigenvalue weighted by Gasteiger charge is -2.26. The zero-order chi connectivity index (χ0) is 37.2. The summed E-state index contributed by atoms with van der Waals surface area (Å²) in [7, 11) is 0. The second kappa shape index (κ2) is 11.7. The smallest absolute Gasteiger partial charge is 0.135 e. The Morgan fingerprint density at radius 3 is 1.25 bits per heavy atom. The van der Waals surface area contributed by atoms with Crippen molar-refractivity contribution in [3.8, 4) is 0 Å². The molecule has 0 fully saturated rings. The molecule has 13 rings (SSSR count). The molecule has 57 heavy (non-hydrogen) atoms. The lowest BCUT2D eigenvalue weighted by atomic mass is 9.93. The molecule has 2 heterocycles. The molecular weight excluding hydrogens is 711 g/mol. The van der Waals surface area contributed by atoms with Crippen molar-refractivity contribution in [3.05, 3.63) is 188 Å². The van der Waals surface area contributed by atoms with E-state index in [4.69, 9.17) is 4.42 Å². The lowest BCUT2D eigenvalue weighted by molar-refractivity contribution is 0.669. The van der Waals surface area contributed by atoms with E-state index < -0.39 is 0 Å². The molecule has 0 bridgehead atoms. The zero-order valence-electron chi connectivity index (χ0n) is 30.7. The van der Waals surface area contributed by atoms with Gasteiger partial charge in [0.1, 0.15) is 11.2 Å². The van der Waals surface area contributed by atoms with Crippen LogP contribution in [0.15, 0.2) is 192 Å². The van der Waals surface area contributed by atoms with Crippen LogP contribution in [0.2, 0.25) is 0 Å². The molecule has 0 spiro atoms. The van der Waals surface area contributed by atoms with Crippen LogP contribution in [-0.2, 0) is 0 Å². The van der Waals surface area contributed by atoms with Crippen molar-refractivity contribution in [1.82, 2.24) is 0 Å². The Morgan fingerprint density at radius 1 is 0.263 bits per heavy atom. The fraction of sp³-hybridized carbons (Fsp3) is 0. The van der Waals surface area contributed by atoms with Gasteiger partial charge in [0.05, 0.1) is 0 Å². The maximum absolute atomic E-state index is 6.32. The second-order valence-corrected chi connectivity index (χ2v) is 16.3. The minimum absolute atomic E-state index is 0.891. The van der Waals surface area contributed by atoms with Gasteiger partial charge >= 0.3 is 0 Å². The average Bonchev–Trinajstić information content (AvgIpc) is 3.83. The number of para-hydroxylation sites is 1. The number of nitrogens with zero attached hydrogens (tertiary/aromatic N) is 1. The third kappa shape index (κ3) is 4.46. The molecule has 0 radical (unpaired) electrons. The lowest BCUT2D eigenvalue weighted by Crippen LogP contribution is -2.09. The summed E-state index contributed by atoms with van der Waals surface area (Å²) in [4.78, 5) is 2.43. The van der Waals surface area contributed by atoms with Crippen molar-refractivity contribution in [2.75, 3.05) is 4.90 Å². The summed E-state index contributed by atoms with van der Waals surface area (Å²) >= 11 is 1.88. The van der Waals surface area contributed by atoms with Gasteiger partial charge in [-0.2, -0.15) is 0 Å². The number of hydrogen-bond acceptors (Lipinski definition) is 3. The van der Waals surface area contributed by atoms with E-state index in [0.29, 0.717) is 0 Å². The molecule has 264 valence electrons. The van der Waals surface area contributed by atoms with Crippen molar-refractivity contribution in [3.63, 3.8) is 0 Å². The first-order valence-electron chi connectivity index (χ1n) is 19.5. The fourth-order valence-electron chi connectivity index (χ4n) is 9.64. The van der Waals surface area contributed by atoms with Crippen LogP contribution in [0.1, 0.15) is 0 Å². The van der Waals surface area contributed by atoms with Crippen LogP contribution in [0.3, 0.4) is 0 Å². The molecule has 3 heteroatoms. The van der Waals surface area contributed by atoms with Crippen LogP contribution in [0.5, 0.6) is 0 Å². The number of fused-ring (bicyclic) bond motifs is 18. The van der Waals surface area contributed by atoms with Crippen molar-refractivity contribution in [1.29, 1.82) is 0 Å². The molecule has 0 atom stereocenters. The van der Waals surface area contributed by atoms with E-state index in [-0.39, 0.29) is 0 Å². The van der Waals surface area contributed by atoms with E-state index >= 15 is 0 Å². The summed E-state index contributed by atoms with van der Waals surface area (Å²) in [6, 6.07) is 69.2. The van der Waals surface area contributed by atoms with Crippen LogP contribution < -0.4 is 4.90 Å². The molecule has 13 aromatic rings. The van der Waals surface area contributed by atoms with Crippen LogP contribution in [-0.4, -0.2) is 0 Å². The summed E-state index contributed by atoms with van der Waals surface area (Å²) in [6.45, 7) is 0. The minimum Gasteiger partial charge on any atom is -0.456 e. The topological polar surface area (TPSA) is 16.4 Å². The second-order valence-electron chi connectivity index (χ2n) is 15.2. The van der Waals surface area contributed by atoms with E-state index in [1.807, 2.05) is 17.4 Å². The van der Waals surface area contributed by atoms with Crippen LogP contribution in [0.4, 0.5) is 17.1 Å². The average molecular weight is 742 g/mol. The third-order valence-corrected chi connectivity index (χ3v) is 13.3.